The second-order valence-corrected chi connectivity index (χ2v) is 12.5. The number of benzene rings is 7. The van der Waals surface area contributed by atoms with Gasteiger partial charge < -0.3 is 0 Å². The van der Waals surface area contributed by atoms with Crippen molar-refractivity contribution < 1.29 is 0 Å². The van der Waals surface area contributed by atoms with Gasteiger partial charge in [-0.25, -0.2) is 4.98 Å². The lowest BCUT2D eigenvalue weighted by molar-refractivity contribution is 1.13. The Bertz CT molecular complexity index is 2700. The Labute approximate surface area is 310 Å². The summed E-state index contributed by atoms with van der Waals surface area (Å²) in [5, 5.41) is 3.26. The highest BCUT2D eigenvalue weighted by Gasteiger charge is 2.24. The average Bonchev–Trinajstić information content (AvgIpc) is 3.54. The van der Waals surface area contributed by atoms with E-state index in [-0.39, 0.29) is 54.6 Å². The molecule has 0 spiro atoms. The van der Waals surface area contributed by atoms with E-state index in [0.29, 0.717) is 22.3 Å². The predicted octanol–water partition coefficient (Wildman–Crippen LogP) is -1.73. The molecule has 1 aromatic heterocycles. The minimum Gasteiger partial charge on any atom is -0.291 e. The first-order valence-corrected chi connectivity index (χ1v) is 16.1. The molecule has 0 aliphatic heterocycles. The number of hydrogen-bond acceptors (Lipinski definition) is 1. The van der Waals surface area contributed by atoms with Crippen LogP contribution in [0.25, 0.3) is 71.9 Å². The molecule has 1 heterocycles. The maximum Gasteiger partial charge on any atom is 0.145 e. The van der Waals surface area contributed by atoms with Crippen LogP contribution >= 0.6 is 0 Å². The molecule has 0 saturated carbocycles. The Morgan fingerprint density at radius 2 is 0.863 bits per heavy atom. The van der Waals surface area contributed by atoms with Crippen molar-refractivity contribution in [2.24, 2.45) is 0 Å². The zero-order valence-corrected chi connectivity index (χ0v) is 27.4. The highest BCUT2D eigenvalue weighted by Crippen LogP contribution is 2.43. The van der Waals surface area contributed by atoms with Gasteiger partial charge in [0.2, 0.25) is 0 Å². The Balaban J connectivity index is 1.62. The van der Waals surface area contributed by atoms with Crippen LogP contribution in [0, 0.1) is 0 Å². The summed E-state index contributed by atoms with van der Waals surface area (Å²) in [4.78, 5) is 5.13. The summed E-state index contributed by atoms with van der Waals surface area (Å²) in [5.41, 5.74) is 7.32. The minimum atomic E-state index is 0.116. The Morgan fingerprint density at radius 1 is 0.373 bits per heavy atom. The molecule has 20 radical (unpaired) electrons. The topological polar surface area (TPSA) is 17.8 Å². The van der Waals surface area contributed by atoms with Crippen LogP contribution in [0.15, 0.2) is 97.1 Å². The van der Waals surface area contributed by atoms with Crippen LogP contribution in [0.5, 0.6) is 0 Å². The van der Waals surface area contributed by atoms with Crippen molar-refractivity contribution in [1.82, 2.24) is 9.55 Å². The second-order valence-electron chi connectivity index (χ2n) is 12.5. The molecular formula is C39H16B10N2. The first-order valence-electron chi connectivity index (χ1n) is 16.1. The van der Waals surface area contributed by atoms with Crippen LogP contribution in [-0.4, -0.2) is 88.0 Å². The van der Waals surface area contributed by atoms with E-state index < -0.39 is 0 Å². The molecule has 0 aliphatic carbocycles. The van der Waals surface area contributed by atoms with E-state index in [1.807, 2.05) is 84.9 Å². The van der Waals surface area contributed by atoms with Gasteiger partial charge in [0.1, 0.15) is 84.3 Å². The first kappa shape index (κ1) is 33.3. The summed E-state index contributed by atoms with van der Waals surface area (Å²) in [7, 11) is 64.8. The van der Waals surface area contributed by atoms with Gasteiger partial charge in [-0.1, -0.05) is 101 Å². The van der Waals surface area contributed by atoms with Gasteiger partial charge in [0, 0.05) is 16.3 Å². The van der Waals surface area contributed by atoms with Crippen molar-refractivity contribution in [2.45, 2.75) is 0 Å². The second kappa shape index (κ2) is 12.4. The Morgan fingerprint density at radius 3 is 1.49 bits per heavy atom. The molecular weight excluding hydrogens is 605 g/mol. The lowest BCUT2D eigenvalue weighted by atomic mass is 9.59. The number of nitrogens with zero attached hydrogens (tertiary/aromatic N) is 2. The van der Waals surface area contributed by atoms with E-state index in [1.165, 1.54) is 0 Å². The largest absolute Gasteiger partial charge is 0.291 e. The SMILES string of the molecule is [B]c1c([B])c([B])c(-c2ccc3c(-n4c(-c5ccccc5)nc5ccccc54)c4ccccc4c(-c4c([B])c([B])c([B])c([B])c4[B])c3c2)c([B])c1[B]. The van der Waals surface area contributed by atoms with E-state index in [2.05, 4.69) is 16.7 Å². The molecule has 51 heavy (non-hydrogen) atoms. The van der Waals surface area contributed by atoms with Crippen LogP contribution < -0.4 is 54.6 Å². The Kier molecular flexibility index (Phi) is 8.13. The number of rotatable bonds is 4. The number of fused-ring (bicyclic) bond motifs is 3. The summed E-state index contributed by atoms with van der Waals surface area (Å²) in [6.07, 6.45) is 0. The van der Waals surface area contributed by atoms with Crippen LogP contribution in [0.3, 0.4) is 0 Å². The molecule has 8 rings (SSSR count). The molecule has 212 valence electrons. The van der Waals surface area contributed by atoms with Crippen molar-refractivity contribution in [1.29, 1.82) is 0 Å². The molecule has 0 bridgehead atoms. The summed E-state index contributed by atoms with van der Waals surface area (Å²) < 4.78 is 2.18. The van der Waals surface area contributed by atoms with Crippen molar-refractivity contribution in [3.63, 3.8) is 0 Å². The number of imidazole rings is 1. The fraction of sp³-hybridized carbons (Fsp3) is 0. The minimum absolute atomic E-state index is 0.116. The molecule has 0 fully saturated rings. The van der Waals surface area contributed by atoms with E-state index in [4.69, 9.17) is 83.4 Å². The van der Waals surface area contributed by atoms with E-state index in [0.717, 1.165) is 49.7 Å². The van der Waals surface area contributed by atoms with E-state index in [9.17, 15) is 0 Å². The van der Waals surface area contributed by atoms with Crippen LogP contribution in [0.2, 0.25) is 0 Å². The maximum absolute atomic E-state index is 6.79. The van der Waals surface area contributed by atoms with Gasteiger partial charge in [-0.3, -0.25) is 4.57 Å². The smallest absolute Gasteiger partial charge is 0.145 e. The summed E-state index contributed by atoms with van der Waals surface area (Å²) in [5.74, 6) is 0.757. The fourth-order valence-corrected chi connectivity index (χ4v) is 7.13. The molecule has 7 aromatic carbocycles. The number of aromatic nitrogens is 2. The third-order valence-electron chi connectivity index (χ3n) is 9.75. The van der Waals surface area contributed by atoms with E-state index >= 15 is 0 Å². The third kappa shape index (κ3) is 4.97. The number of hydrogen-bond donors (Lipinski definition) is 0. The molecule has 2 nitrogen and oxygen atoms in total. The molecule has 0 N–H and O–H groups in total. The predicted molar refractivity (Wildman–Crippen MR) is 226 cm³/mol. The molecule has 0 atom stereocenters. The summed E-state index contributed by atoms with van der Waals surface area (Å²) in [6.45, 7) is 0. The normalized spacial score (nSPS) is 11.5. The first-order chi connectivity index (χ1) is 24.5. The van der Waals surface area contributed by atoms with Gasteiger partial charge in [-0.05, 0) is 51.2 Å². The van der Waals surface area contributed by atoms with Gasteiger partial charge >= 0.3 is 0 Å². The van der Waals surface area contributed by atoms with Gasteiger partial charge in [-0.2, -0.15) is 0 Å². The third-order valence-corrected chi connectivity index (χ3v) is 9.75. The van der Waals surface area contributed by atoms with Gasteiger partial charge in [-0.15, -0.1) is 32.8 Å². The Hall–Kier alpha value is -4.82. The number of para-hydroxylation sites is 2. The molecule has 12 heteroatoms. The van der Waals surface area contributed by atoms with Crippen molar-refractivity contribution >= 4 is 166 Å². The average molecular weight is 621 g/mol. The van der Waals surface area contributed by atoms with Gasteiger partial charge in [0.25, 0.3) is 0 Å². The van der Waals surface area contributed by atoms with Crippen LogP contribution in [-0.2, 0) is 0 Å². The van der Waals surface area contributed by atoms with Crippen molar-refractivity contribution in [3.8, 4) is 39.3 Å². The molecule has 8 aromatic rings. The van der Waals surface area contributed by atoms with Gasteiger partial charge in [0.15, 0.2) is 0 Å². The zero-order valence-electron chi connectivity index (χ0n) is 27.4. The van der Waals surface area contributed by atoms with E-state index in [1.54, 1.807) is 0 Å². The van der Waals surface area contributed by atoms with Gasteiger partial charge in [0.05, 0.1) is 16.7 Å². The zero-order chi connectivity index (χ0) is 35.9. The maximum atomic E-state index is 6.79. The highest BCUT2D eigenvalue weighted by molar-refractivity contribution is 6.70. The summed E-state index contributed by atoms with van der Waals surface area (Å²) >= 11 is 0. The monoisotopic (exact) mass is 622 g/mol. The standard InChI is InChI=1S/C39H16B10N2/c40-28-25(29(41)33(45)36(48)32(28)44)18-14-15-21-22(16-18)26(27-30(42)34(46)37(49)35(47)31(27)43)19-10-4-5-11-20(19)38(21)51-24-13-7-6-12-23(24)50-39(51)17-8-2-1-3-9-17/h1-16H. The summed E-state index contributed by atoms with van der Waals surface area (Å²) in [6, 6.07) is 31.9. The van der Waals surface area contributed by atoms with Crippen molar-refractivity contribution in [3.05, 3.63) is 97.1 Å². The molecule has 0 aliphatic rings. The molecule has 0 amide bonds. The van der Waals surface area contributed by atoms with Crippen LogP contribution in [0.1, 0.15) is 0 Å². The lowest BCUT2D eigenvalue weighted by Gasteiger charge is -2.26. The van der Waals surface area contributed by atoms with Crippen LogP contribution in [0.4, 0.5) is 0 Å². The molecule has 0 saturated heterocycles. The molecule has 0 unspecified atom stereocenters. The quantitative estimate of drug-likeness (QED) is 0.169. The highest BCUT2D eigenvalue weighted by atomic mass is 15.1. The lowest BCUT2D eigenvalue weighted by Crippen LogP contribution is -2.55. The van der Waals surface area contributed by atoms with Crippen molar-refractivity contribution in [2.75, 3.05) is 0 Å². The fourth-order valence-electron chi connectivity index (χ4n) is 7.13.